The second-order valence-corrected chi connectivity index (χ2v) is 9.10. The maximum absolute atomic E-state index is 13.6. The van der Waals surface area contributed by atoms with Crippen LogP contribution in [-0.2, 0) is 20.9 Å². The normalized spacial score (nSPS) is 28.3. The number of halogens is 1. The molecule has 0 spiro atoms. The molecule has 0 aromatic heterocycles. The van der Waals surface area contributed by atoms with E-state index in [1.54, 1.807) is 11.0 Å². The van der Waals surface area contributed by atoms with E-state index in [2.05, 4.69) is 6.92 Å². The third kappa shape index (κ3) is 3.24. The molecule has 1 fully saturated rings. The standard InChI is InChI=1S/C25H24ClNO3/c1-15-10-11-20-19(12-15)23(28)21-22(17-8-5-9-18(26)13-17)27(25(29)24(21)30-20)14-16-6-3-2-4-7-16/h2-9,13,15,19-20,22H,10-12,14H2,1H3. The molecule has 2 aromatic carbocycles. The Kier molecular flexibility index (Phi) is 4.90. The van der Waals surface area contributed by atoms with Crippen molar-refractivity contribution in [2.45, 2.75) is 44.9 Å². The first kappa shape index (κ1) is 19.4. The third-order valence-electron chi connectivity index (χ3n) is 6.57. The highest BCUT2D eigenvalue weighted by Crippen LogP contribution is 2.48. The minimum Gasteiger partial charge on any atom is -0.483 e. The minimum absolute atomic E-state index is 0.0710. The predicted molar refractivity (Wildman–Crippen MR) is 115 cm³/mol. The SMILES string of the molecule is CC1CCC2OC3=C(C(=O)C2C1)C(c1cccc(Cl)c1)N(Cc1ccccc1)C3=O. The van der Waals surface area contributed by atoms with Gasteiger partial charge in [0.1, 0.15) is 6.10 Å². The number of carbonyl (C=O) groups excluding carboxylic acids is 2. The highest BCUT2D eigenvalue weighted by atomic mass is 35.5. The van der Waals surface area contributed by atoms with E-state index in [4.69, 9.17) is 16.3 Å². The maximum atomic E-state index is 13.6. The van der Waals surface area contributed by atoms with E-state index in [1.807, 2.05) is 48.5 Å². The Labute approximate surface area is 181 Å². The van der Waals surface area contributed by atoms with E-state index in [-0.39, 0.29) is 29.5 Å². The molecule has 154 valence electrons. The second kappa shape index (κ2) is 7.59. The second-order valence-electron chi connectivity index (χ2n) is 8.66. The van der Waals surface area contributed by atoms with Crippen LogP contribution in [0.15, 0.2) is 65.9 Å². The van der Waals surface area contributed by atoms with E-state index in [0.717, 1.165) is 30.4 Å². The van der Waals surface area contributed by atoms with Crippen molar-refractivity contribution in [1.82, 2.24) is 4.90 Å². The highest BCUT2D eigenvalue weighted by Gasteiger charge is 2.52. The fourth-order valence-electron chi connectivity index (χ4n) is 5.09. The summed E-state index contributed by atoms with van der Waals surface area (Å²) >= 11 is 6.27. The zero-order chi connectivity index (χ0) is 20.8. The summed E-state index contributed by atoms with van der Waals surface area (Å²) in [7, 11) is 0. The average Bonchev–Trinajstić information content (AvgIpc) is 3.02. The number of benzene rings is 2. The number of ether oxygens (including phenoxy) is 1. The predicted octanol–water partition coefficient (Wildman–Crippen LogP) is 5.08. The van der Waals surface area contributed by atoms with Gasteiger partial charge in [0, 0.05) is 11.6 Å². The molecule has 5 heteroatoms. The van der Waals surface area contributed by atoms with Crippen LogP contribution in [0, 0.1) is 11.8 Å². The van der Waals surface area contributed by atoms with Crippen molar-refractivity contribution < 1.29 is 14.3 Å². The molecule has 3 aliphatic rings. The van der Waals surface area contributed by atoms with Crippen molar-refractivity contribution in [3.8, 4) is 0 Å². The van der Waals surface area contributed by atoms with Crippen LogP contribution in [0.4, 0.5) is 0 Å². The molecule has 0 bridgehead atoms. The molecule has 1 amide bonds. The van der Waals surface area contributed by atoms with Crippen LogP contribution < -0.4 is 0 Å². The number of ketones is 1. The molecule has 2 heterocycles. The summed E-state index contributed by atoms with van der Waals surface area (Å²) < 4.78 is 6.23. The largest absolute Gasteiger partial charge is 0.483 e. The van der Waals surface area contributed by atoms with Crippen molar-refractivity contribution in [2.75, 3.05) is 0 Å². The fraction of sp³-hybridized carbons (Fsp3) is 0.360. The number of fused-ring (bicyclic) bond motifs is 1. The Morgan fingerprint density at radius 1 is 1.07 bits per heavy atom. The van der Waals surface area contributed by atoms with Crippen LogP contribution in [-0.4, -0.2) is 22.7 Å². The van der Waals surface area contributed by atoms with Crippen molar-refractivity contribution in [3.63, 3.8) is 0 Å². The lowest BCUT2D eigenvalue weighted by Gasteiger charge is -2.37. The van der Waals surface area contributed by atoms with Crippen molar-refractivity contribution in [1.29, 1.82) is 0 Å². The van der Waals surface area contributed by atoms with Gasteiger partial charge in [-0.15, -0.1) is 0 Å². The molecule has 4 unspecified atom stereocenters. The summed E-state index contributed by atoms with van der Waals surface area (Å²) in [6.45, 7) is 2.59. The molecule has 1 aliphatic carbocycles. The van der Waals surface area contributed by atoms with Crippen molar-refractivity contribution in [2.24, 2.45) is 11.8 Å². The lowest BCUT2D eigenvalue weighted by molar-refractivity contribution is -0.136. The smallest absolute Gasteiger partial charge is 0.290 e. The molecule has 2 aliphatic heterocycles. The Bertz CT molecular complexity index is 1030. The number of carbonyl (C=O) groups is 2. The lowest BCUT2D eigenvalue weighted by atomic mass is 9.74. The molecule has 30 heavy (non-hydrogen) atoms. The number of Topliss-reactive ketones (excluding diaryl/α,β-unsaturated/α-hetero) is 1. The van der Waals surface area contributed by atoms with Gasteiger partial charge >= 0.3 is 0 Å². The molecule has 4 atom stereocenters. The summed E-state index contributed by atoms with van der Waals surface area (Å²) in [5.74, 6) is 0.435. The number of hydrogen-bond donors (Lipinski definition) is 0. The summed E-state index contributed by atoms with van der Waals surface area (Å²) in [6.07, 6.45) is 2.47. The van der Waals surface area contributed by atoms with Gasteiger partial charge in [0.15, 0.2) is 11.5 Å². The fourth-order valence-corrected chi connectivity index (χ4v) is 5.29. The summed E-state index contributed by atoms with van der Waals surface area (Å²) in [6, 6.07) is 16.8. The Morgan fingerprint density at radius 3 is 2.63 bits per heavy atom. The molecule has 0 N–H and O–H groups in total. The van der Waals surface area contributed by atoms with E-state index >= 15 is 0 Å². The zero-order valence-electron chi connectivity index (χ0n) is 16.9. The Morgan fingerprint density at radius 2 is 1.87 bits per heavy atom. The van der Waals surface area contributed by atoms with Gasteiger partial charge in [-0.05, 0) is 48.4 Å². The third-order valence-corrected chi connectivity index (χ3v) is 6.80. The van der Waals surface area contributed by atoms with Gasteiger partial charge < -0.3 is 9.64 Å². The lowest BCUT2D eigenvalue weighted by Crippen LogP contribution is -2.41. The van der Waals surface area contributed by atoms with Gasteiger partial charge in [0.25, 0.3) is 5.91 Å². The van der Waals surface area contributed by atoms with Crippen LogP contribution in [0.2, 0.25) is 5.02 Å². The first-order chi connectivity index (χ1) is 14.5. The number of rotatable bonds is 3. The topological polar surface area (TPSA) is 46.6 Å². The van der Waals surface area contributed by atoms with E-state index in [0.29, 0.717) is 23.1 Å². The number of nitrogens with zero attached hydrogens (tertiary/aromatic N) is 1. The molecule has 2 aromatic rings. The Hall–Kier alpha value is -2.59. The quantitative estimate of drug-likeness (QED) is 0.694. The van der Waals surface area contributed by atoms with Crippen LogP contribution >= 0.6 is 11.6 Å². The van der Waals surface area contributed by atoms with Crippen molar-refractivity contribution >= 4 is 23.3 Å². The van der Waals surface area contributed by atoms with E-state index in [1.165, 1.54) is 0 Å². The molecule has 1 saturated carbocycles. The first-order valence-electron chi connectivity index (χ1n) is 10.6. The maximum Gasteiger partial charge on any atom is 0.290 e. The van der Waals surface area contributed by atoms with E-state index in [9.17, 15) is 9.59 Å². The van der Waals surface area contributed by atoms with Gasteiger partial charge in [-0.2, -0.15) is 0 Å². The summed E-state index contributed by atoms with van der Waals surface area (Å²) in [5, 5.41) is 0.585. The number of hydrogen-bond acceptors (Lipinski definition) is 3. The number of amides is 1. The van der Waals surface area contributed by atoms with Crippen LogP contribution in [0.25, 0.3) is 0 Å². The van der Waals surface area contributed by atoms with Gasteiger partial charge in [-0.1, -0.05) is 61.0 Å². The van der Waals surface area contributed by atoms with Gasteiger partial charge in [-0.25, -0.2) is 0 Å². The molecule has 5 rings (SSSR count). The molecule has 0 saturated heterocycles. The molecular weight excluding hydrogens is 398 g/mol. The monoisotopic (exact) mass is 421 g/mol. The Balaban J connectivity index is 1.59. The minimum atomic E-state index is -0.475. The first-order valence-corrected chi connectivity index (χ1v) is 11.0. The highest BCUT2D eigenvalue weighted by molar-refractivity contribution is 6.30. The summed E-state index contributed by atoms with van der Waals surface area (Å²) in [5.41, 5.74) is 2.36. The molecule has 4 nitrogen and oxygen atoms in total. The average molecular weight is 422 g/mol. The molecule has 0 radical (unpaired) electrons. The van der Waals surface area contributed by atoms with Gasteiger partial charge in [-0.3, -0.25) is 9.59 Å². The summed E-state index contributed by atoms with van der Waals surface area (Å²) in [4.78, 5) is 28.9. The van der Waals surface area contributed by atoms with Crippen molar-refractivity contribution in [3.05, 3.63) is 82.1 Å². The van der Waals surface area contributed by atoms with Gasteiger partial charge in [0.2, 0.25) is 0 Å². The van der Waals surface area contributed by atoms with E-state index < -0.39 is 6.04 Å². The molecular formula is C25H24ClNO3. The van der Waals surface area contributed by atoms with Crippen LogP contribution in [0.5, 0.6) is 0 Å². The van der Waals surface area contributed by atoms with Crippen LogP contribution in [0.3, 0.4) is 0 Å². The zero-order valence-corrected chi connectivity index (χ0v) is 17.6. The van der Waals surface area contributed by atoms with Gasteiger partial charge in [0.05, 0.1) is 17.5 Å². The van der Waals surface area contributed by atoms with Crippen LogP contribution in [0.1, 0.15) is 43.4 Å².